The number of carbonyl (C=O) groups excluding carboxylic acids is 2. The summed E-state index contributed by atoms with van der Waals surface area (Å²) in [6.07, 6.45) is 11.6. The van der Waals surface area contributed by atoms with E-state index in [9.17, 15) is 9.59 Å². The molecule has 5 saturated carbocycles. The van der Waals surface area contributed by atoms with Gasteiger partial charge in [0.2, 0.25) is 0 Å². The molecule has 6 aliphatic rings. The van der Waals surface area contributed by atoms with E-state index in [1.54, 1.807) is 6.92 Å². The molecule has 0 saturated heterocycles. The van der Waals surface area contributed by atoms with Gasteiger partial charge in [0, 0.05) is 0 Å². The van der Waals surface area contributed by atoms with Gasteiger partial charge in [-0.05, 0) is 94.3 Å². The van der Waals surface area contributed by atoms with Crippen LogP contribution in [-0.2, 0) is 19.1 Å². The van der Waals surface area contributed by atoms with Crippen molar-refractivity contribution >= 4 is 11.9 Å². The third-order valence-corrected chi connectivity index (χ3v) is 8.29. The highest BCUT2D eigenvalue weighted by Crippen LogP contribution is 2.59. The lowest BCUT2D eigenvalue weighted by Crippen LogP contribution is -2.58. The first-order valence-electron chi connectivity index (χ1n) is 10.5. The van der Waals surface area contributed by atoms with Crippen LogP contribution in [0.25, 0.3) is 0 Å². The van der Waals surface area contributed by atoms with Gasteiger partial charge in [0.15, 0.2) is 6.10 Å². The summed E-state index contributed by atoms with van der Waals surface area (Å²) >= 11 is 0. The molecule has 0 amide bonds. The Balaban J connectivity index is 1.21. The molecule has 0 heterocycles. The van der Waals surface area contributed by atoms with E-state index in [4.69, 9.17) is 9.47 Å². The van der Waals surface area contributed by atoms with Gasteiger partial charge >= 0.3 is 11.9 Å². The van der Waals surface area contributed by atoms with E-state index < -0.39 is 6.10 Å². The van der Waals surface area contributed by atoms with Crippen LogP contribution in [-0.4, -0.2) is 23.6 Å². The molecule has 6 bridgehead atoms. The van der Waals surface area contributed by atoms with Crippen molar-refractivity contribution in [2.75, 3.05) is 0 Å². The summed E-state index contributed by atoms with van der Waals surface area (Å²) in [7, 11) is 0. The summed E-state index contributed by atoms with van der Waals surface area (Å²) in [5, 5.41) is 0. The maximum absolute atomic E-state index is 12.7. The van der Waals surface area contributed by atoms with E-state index >= 15 is 0 Å². The lowest BCUT2D eigenvalue weighted by molar-refractivity contribution is -0.212. The van der Waals surface area contributed by atoms with Crippen molar-refractivity contribution in [1.29, 1.82) is 0 Å². The van der Waals surface area contributed by atoms with E-state index in [0.29, 0.717) is 23.7 Å². The molecule has 6 rings (SSSR count). The molecule has 0 aromatic heterocycles. The van der Waals surface area contributed by atoms with Crippen LogP contribution in [0.4, 0.5) is 0 Å². The molecule has 5 fully saturated rings. The van der Waals surface area contributed by atoms with Crippen LogP contribution in [0.15, 0.2) is 12.2 Å². The van der Waals surface area contributed by atoms with E-state index in [1.165, 1.54) is 32.1 Å². The highest BCUT2D eigenvalue weighted by atomic mass is 16.6. The van der Waals surface area contributed by atoms with Gasteiger partial charge < -0.3 is 9.47 Å². The Morgan fingerprint density at radius 1 is 0.962 bits per heavy atom. The molecule has 0 N–H and O–H groups in total. The van der Waals surface area contributed by atoms with Crippen molar-refractivity contribution in [1.82, 2.24) is 0 Å². The van der Waals surface area contributed by atoms with Crippen LogP contribution in [0.1, 0.15) is 58.8 Å². The first kappa shape index (κ1) is 16.8. The van der Waals surface area contributed by atoms with Gasteiger partial charge in [-0.3, -0.25) is 4.79 Å². The lowest BCUT2D eigenvalue weighted by atomic mass is 9.50. The Kier molecular flexibility index (Phi) is 3.78. The van der Waals surface area contributed by atoms with Gasteiger partial charge in [-0.2, -0.15) is 0 Å². The predicted molar refractivity (Wildman–Crippen MR) is 95.9 cm³/mol. The number of allylic oxidation sites excluding steroid dienone is 2. The van der Waals surface area contributed by atoms with Crippen molar-refractivity contribution in [3.63, 3.8) is 0 Å². The van der Waals surface area contributed by atoms with Gasteiger partial charge in [-0.15, -0.1) is 0 Å². The summed E-state index contributed by atoms with van der Waals surface area (Å²) in [5.41, 5.74) is -0.361. The molecule has 26 heavy (non-hydrogen) atoms. The van der Waals surface area contributed by atoms with Crippen molar-refractivity contribution in [2.45, 2.75) is 70.5 Å². The first-order chi connectivity index (χ1) is 12.4. The van der Waals surface area contributed by atoms with Crippen LogP contribution in [0.3, 0.4) is 0 Å². The number of ether oxygens (including phenoxy) is 2. The smallest absolute Gasteiger partial charge is 0.347 e. The van der Waals surface area contributed by atoms with Crippen LogP contribution in [0.5, 0.6) is 0 Å². The van der Waals surface area contributed by atoms with Crippen LogP contribution in [0, 0.1) is 41.4 Å². The van der Waals surface area contributed by atoms with Crippen molar-refractivity contribution in [2.24, 2.45) is 41.4 Å². The van der Waals surface area contributed by atoms with E-state index in [2.05, 4.69) is 19.1 Å². The molecule has 0 aromatic rings. The van der Waals surface area contributed by atoms with E-state index in [-0.39, 0.29) is 23.5 Å². The monoisotopic (exact) mass is 358 g/mol. The Morgan fingerprint density at radius 2 is 1.62 bits per heavy atom. The molecule has 4 atom stereocenters. The van der Waals surface area contributed by atoms with Crippen LogP contribution >= 0.6 is 0 Å². The Labute approximate surface area is 155 Å². The van der Waals surface area contributed by atoms with Crippen molar-refractivity contribution in [3.05, 3.63) is 12.2 Å². The molecular formula is C22H30O4. The minimum atomic E-state index is -0.806. The summed E-state index contributed by atoms with van der Waals surface area (Å²) < 4.78 is 11.6. The maximum atomic E-state index is 12.7. The minimum absolute atomic E-state index is 0.0722. The quantitative estimate of drug-likeness (QED) is 0.565. The van der Waals surface area contributed by atoms with Gasteiger partial charge in [-0.1, -0.05) is 12.2 Å². The van der Waals surface area contributed by atoms with Crippen molar-refractivity contribution < 1.29 is 19.1 Å². The van der Waals surface area contributed by atoms with Crippen molar-refractivity contribution in [3.8, 4) is 0 Å². The lowest BCUT2D eigenvalue weighted by Gasteiger charge is -2.59. The zero-order chi connectivity index (χ0) is 18.1. The molecular weight excluding hydrogens is 328 g/mol. The van der Waals surface area contributed by atoms with Crippen LogP contribution in [0.2, 0.25) is 0 Å². The standard InChI is InChI=1S/C22H30O4/c1-12(25-21(24)19-11-13-3-4-16(19)6-13)20(23)26-22(2)17-7-14-5-15(9-17)10-18(22)8-14/h3-4,12-19H,5-11H2,1-2H3. The zero-order valence-electron chi connectivity index (χ0n) is 15.9. The molecule has 0 aliphatic heterocycles. The second-order valence-electron chi connectivity index (χ2n) is 9.88. The van der Waals surface area contributed by atoms with Gasteiger partial charge in [0.1, 0.15) is 5.60 Å². The molecule has 0 spiro atoms. The third kappa shape index (κ3) is 2.55. The van der Waals surface area contributed by atoms with Gasteiger partial charge in [0.25, 0.3) is 0 Å². The molecule has 0 aromatic carbocycles. The maximum Gasteiger partial charge on any atom is 0.347 e. The first-order valence-corrected chi connectivity index (χ1v) is 10.5. The largest absolute Gasteiger partial charge is 0.456 e. The van der Waals surface area contributed by atoms with E-state index in [1.807, 2.05) is 0 Å². The average Bonchev–Trinajstić information content (AvgIpc) is 3.22. The Morgan fingerprint density at radius 3 is 2.15 bits per heavy atom. The average molecular weight is 358 g/mol. The Hall–Kier alpha value is -1.32. The summed E-state index contributed by atoms with van der Waals surface area (Å²) in [6, 6.07) is 0. The number of fused-ring (bicyclic) bond motifs is 2. The molecule has 0 radical (unpaired) electrons. The fourth-order valence-electron chi connectivity index (χ4n) is 6.95. The number of rotatable bonds is 4. The highest BCUT2D eigenvalue weighted by Gasteiger charge is 2.57. The molecule has 142 valence electrons. The zero-order valence-corrected chi connectivity index (χ0v) is 15.9. The normalized spacial score (nSPS) is 48.6. The second kappa shape index (κ2) is 5.84. The topological polar surface area (TPSA) is 52.6 Å². The fraction of sp³-hybridized carbons (Fsp3) is 0.818. The molecule has 4 heteroatoms. The number of hydrogen-bond donors (Lipinski definition) is 0. The second-order valence-corrected chi connectivity index (χ2v) is 9.88. The number of hydrogen-bond acceptors (Lipinski definition) is 4. The Bertz CT molecular complexity index is 623. The number of carbonyl (C=O) groups is 2. The molecule has 6 aliphatic carbocycles. The van der Waals surface area contributed by atoms with Gasteiger partial charge in [0.05, 0.1) is 5.92 Å². The van der Waals surface area contributed by atoms with E-state index in [0.717, 1.165) is 24.7 Å². The highest BCUT2D eigenvalue weighted by molar-refractivity contribution is 5.81. The SMILES string of the molecule is CC(OC(=O)C1CC2C=CC1C2)C(=O)OC1(C)C2CC3CC(C2)CC1C3. The molecule has 4 unspecified atom stereocenters. The summed E-state index contributed by atoms with van der Waals surface area (Å²) in [6.45, 7) is 3.80. The summed E-state index contributed by atoms with van der Waals surface area (Å²) in [4.78, 5) is 25.2. The number of esters is 2. The molecule has 4 nitrogen and oxygen atoms in total. The predicted octanol–water partition coefficient (Wildman–Crippen LogP) is 3.89. The minimum Gasteiger partial charge on any atom is -0.456 e. The third-order valence-electron chi connectivity index (χ3n) is 8.29. The summed E-state index contributed by atoms with van der Waals surface area (Å²) in [5.74, 6) is 2.83. The van der Waals surface area contributed by atoms with Gasteiger partial charge in [-0.25, -0.2) is 4.79 Å². The fourth-order valence-corrected chi connectivity index (χ4v) is 6.95. The van der Waals surface area contributed by atoms with Crippen LogP contribution < -0.4 is 0 Å².